The molecule has 0 amide bonds. The van der Waals surface area contributed by atoms with Crippen molar-refractivity contribution in [3.63, 3.8) is 0 Å². The van der Waals surface area contributed by atoms with E-state index in [0.717, 1.165) is 17.8 Å². The number of aromatic nitrogens is 1. The molecule has 1 unspecified atom stereocenters. The maximum absolute atomic E-state index is 5.45. The third-order valence-electron chi connectivity index (χ3n) is 8.97. The fourth-order valence-electron chi connectivity index (χ4n) is 6.90. The third-order valence-corrected chi connectivity index (χ3v) is 8.97. The van der Waals surface area contributed by atoms with Crippen LogP contribution in [0.2, 0.25) is 0 Å². The number of nitrogens with zero attached hydrogens (tertiary/aromatic N) is 1. The van der Waals surface area contributed by atoms with Crippen LogP contribution in [-0.2, 0) is 6.42 Å². The summed E-state index contributed by atoms with van der Waals surface area (Å²) in [5.74, 6) is 0.631. The molecule has 1 atom stereocenters. The van der Waals surface area contributed by atoms with Gasteiger partial charge in [0.1, 0.15) is 0 Å². The minimum atomic E-state index is 0.430. The number of pyridine rings is 1. The lowest BCUT2D eigenvalue weighted by Gasteiger charge is -2.19. The predicted molar refractivity (Wildman–Crippen MR) is 161 cm³/mol. The SMILES string of the molecule is Cc1ccc(-c2cc3ccc(C4CCC(C)(C)C4)cc3c(-c3cc(C)cc4c3Cc3ccccc3-4)n2)cc1. The summed E-state index contributed by atoms with van der Waals surface area (Å²) >= 11 is 0. The van der Waals surface area contributed by atoms with Gasteiger partial charge in [-0.05, 0) is 108 Å². The summed E-state index contributed by atoms with van der Waals surface area (Å²) in [5.41, 5.74) is 14.7. The molecule has 2 aliphatic carbocycles. The van der Waals surface area contributed by atoms with Crippen LogP contribution in [0.3, 0.4) is 0 Å². The third kappa shape index (κ3) is 3.97. The van der Waals surface area contributed by atoms with E-state index in [1.54, 1.807) is 0 Å². The van der Waals surface area contributed by atoms with Crippen LogP contribution in [0.15, 0.2) is 84.9 Å². The quantitative estimate of drug-likeness (QED) is 0.239. The molecule has 0 N–H and O–H groups in total. The van der Waals surface area contributed by atoms with Crippen molar-refractivity contribution < 1.29 is 0 Å². The van der Waals surface area contributed by atoms with Crippen molar-refractivity contribution in [2.24, 2.45) is 5.41 Å². The van der Waals surface area contributed by atoms with Gasteiger partial charge >= 0.3 is 0 Å². The van der Waals surface area contributed by atoms with E-state index in [9.17, 15) is 0 Å². The number of fused-ring (bicyclic) bond motifs is 4. The summed E-state index contributed by atoms with van der Waals surface area (Å²) in [5, 5.41) is 2.56. The average molecular weight is 494 g/mol. The number of benzene rings is 4. The van der Waals surface area contributed by atoms with Crippen LogP contribution in [0.5, 0.6) is 0 Å². The molecule has 0 aliphatic heterocycles. The van der Waals surface area contributed by atoms with Crippen molar-refractivity contribution in [2.45, 2.75) is 59.3 Å². The van der Waals surface area contributed by atoms with Crippen LogP contribution in [0.4, 0.5) is 0 Å². The molecule has 5 aromatic rings. The van der Waals surface area contributed by atoms with Crippen molar-refractivity contribution >= 4 is 10.8 Å². The van der Waals surface area contributed by atoms with Gasteiger partial charge in [-0.2, -0.15) is 0 Å². The Morgan fingerprint density at radius 3 is 2.34 bits per heavy atom. The lowest BCUT2D eigenvalue weighted by Crippen LogP contribution is -2.04. The first-order chi connectivity index (χ1) is 18.3. The highest BCUT2D eigenvalue weighted by molar-refractivity contribution is 6.00. The van der Waals surface area contributed by atoms with E-state index in [0.29, 0.717) is 11.3 Å². The van der Waals surface area contributed by atoms with Gasteiger partial charge in [-0.3, -0.25) is 0 Å². The highest BCUT2D eigenvalue weighted by atomic mass is 14.7. The summed E-state index contributed by atoms with van der Waals surface area (Å²) in [6.07, 6.45) is 4.81. The van der Waals surface area contributed by atoms with Crippen LogP contribution < -0.4 is 0 Å². The van der Waals surface area contributed by atoms with E-state index >= 15 is 0 Å². The Labute approximate surface area is 226 Å². The molecule has 0 spiro atoms. The van der Waals surface area contributed by atoms with Gasteiger partial charge in [-0.25, -0.2) is 4.98 Å². The maximum atomic E-state index is 5.45. The van der Waals surface area contributed by atoms with E-state index < -0.39 is 0 Å². The summed E-state index contributed by atoms with van der Waals surface area (Å²) in [6.45, 7) is 9.20. The largest absolute Gasteiger partial charge is 0.247 e. The van der Waals surface area contributed by atoms with Crippen LogP contribution in [0, 0.1) is 19.3 Å². The molecule has 0 bridgehead atoms. The normalized spacial score (nSPS) is 17.5. The number of aryl methyl sites for hydroxylation is 2. The number of hydrogen-bond acceptors (Lipinski definition) is 1. The average Bonchev–Trinajstić information content (AvgIpc) is 3.47. The summed E-state index contributed by atoms with van der Waals surface area (Å²) in [4.78, 5) is 5.45. The first-order valence-corrected chi connectivity index (χ1v) is 14.1. The van der Waals surface area contributed by atoms with Gasteiger partial charge in [0.25, 0.3) is 0 Å². The second kappa shape index (κ2) is 8.67. The molecule has 2 aliphatic rings. The van der Waals surface area contributed by atoms with Crippen LogP contribution in [-0.4, -0.2) is 4.98 Å². The van der Waals surface area contributed by atoms with Gasteiger partial charge in [-0.15, -0.1) is 0 Å². The Morgan fingerprint density at radius 1 is 0.763 bits per heavy atom. The van der Waals surface area contributed by atoms with Gasteiger partial charge in [0.2, 0.25) is 0 Å². The molecule has 1 saturated carbocycles. The van der Waals surface area contributed by atoms with Gasteiger partial charge in [0.05, 0.1) is 11.4 Å². The van der Waals surface area contributed by atoms with Crippen LogP contribution >= 0.6 is 0 Å². The number of hydrogen-bond donors (Lipinski definition) is 0. The highest BCUT2D eigenvalue weighted by Gasteiger charge is 2.32. The standard InChI is InChI=1S/C37H35N/c1-23-9-11-25(12-10-23)35-21-28-14-13-26(29-15-16-37(3,4)22-29)19-31(28)36(38-35)34-18-24(2)17-32-30-8-6-5-7-27(30)20-33(32)34/h5-14,17-19,21,29H,15-16,20,22H2,1-4H3. The molecule has 1 heterocycles. The summed E-state index contributed by atoms with van der Waals surface area (Å²) in [7, 11) is 0. The zero-order valence-corrected chi connectivity index (χ0v) is 22.9. The molecule has 0 saturated heterocycles. The second-order valence-electron chi connectivity index (χ2n) is 12.5. The van der Waals surface area contributed by atoms with Gasteiger partial charge in [0, 0.05) is 16.5 Å². The van der Waals surface area contributed by atoms with Crippen LogP contribution in [0.1, 0.15) is 66.8 Å². The molecule has 1 fully saturated rings. The first kappa shape index (κ1) is 23.4. The molecule has 1 nitrogen and oxygen atoms in total. The molecular weight excluding hydrogens is 458 g/mol. The topological polar surface area (TPSA) is 12.9 Å². The molecule has 7 rings (SSSR count). The van der Waals surface area contributed by atoms with E-state index in [2.05, 4.69) is 113 Å². The van der Waals surface area contributed by atoms with Crippen molar-refractivity contribution in [3.05, 3.63) is 113 Å². The molecule has 4 aromatic carbocycles. The molecule has 188 valence electrons. The zero-order chi connectivity index (χ0) is 26.0. The lowest BCUT2D eigenvalue weighted by molar-refractivity contribution is 0.376. The molecule has 1 aromatic heterocycles. The fraction of sp³-hybridized carbons (Fsp3) is 0.270. The van der Waals surface area contributed by atoms with E-state index in [1.165, 1.54) is 80.1 Å². The van der Waals surface area contributed by atoms with Gasteiger partial charge < -0.3 is 0 Å². The monoisotopic (exact) mass is 493 g/mol. The highest BCUT2D eigenvalue weighted by Crippen LogP contribution is 2.48. The molecule has 38 heavy (non-hydrogen) atoms. The van der Waals surface area contributed by atoms with Crippen molar-refractivity contribution in [3.8, 4) is 33.6 Å². The smallest absolute Gasteiger partial charge is 0.0791 e. The molecule has 1 heteroatoms. The van der Waals surface area contributed by atoms with Gasteiger partial charge in [-0.1, -0.05) is 86.1 Å². The zero-order valence-electron chi connectivity index (χ0n) is 22.9. The Kier molecular flexibility index (Phi) is 5.34. The lowest BCUT2D eigenvalue weighted by atomic mass is 9.87. The Bertz CT molecular complexity index is 1700. The summed E-state index contributed by atoms with van der Waals surface area (Å²) in [6, 6.07) is 31.9. The Morgan fingerprint density at radius 2 is 1.55 bits per heavy atom. The Hall–Kier alpha value is -3.71. The van der Waals surface area contributed by atoms with E-state index in [4.69, 9.17) is 4.98 Å². The number of rotatable bonds is 3. The minimum Gasteiger partial charge on any atom is -0.247 e. The molecule has 0 radical (unpaired) electrons. The summed E-state index contributed by atoms with van der Waals surface area (Å²) < 4.78 is 0. The van der Waals surface area contributed by atoms with Gasteiger partial charge in [0.15, 0.2) is 0 Å². The minimum absolute atomic E-state index is 0.430. The second-order valence-corrected chi connectivity index (χ2v) is 12.5. The van der Waals surface area contributed by atoms with Crippen molar-refractivity contribution in [2.75, 3.05) is 0 Å². The van der Waals surface area contributed by atoms with E-state index in [-0.39, 0.29) is 0 Å². The van der Waals surface area contributed by atoms with E-state index in [1.807, 2.05) is 0 Å². The fourth-order valence-corrected chi connectivity index (χ4v) is 6.90. The first-order valence-electron chi connectivity index (χ1n) is 14.1. The van der Waals surface area contributed by atoms with Crippen molar-refractivity contribution in [1.82, 2.24) is 4.98 Å². The predicted octanol–water partition coefficient (Wildman–Crippen LogP) is 10.1. The maximum Gasteiger partial charge on any atom is 0.0791 e. The molecular formula is C37H35N. The Balaban J connectivity index is 1.47. The van der Waals surface area contributed by atoms with Crippen molar-refractivity contribution in [1.29, 1.82) is 0 Å². The van der Waals surface area contributed by atoms with Crippen LogP contribution in [0.25, 0.3) is 44.4 Å².